The molecule has 0 bridgehead atoms. The molecule has 0 aromatic carbocycles. The third kappa shape index (κ3) is 4.50. The zero-order valence-electron chi connectivity index (χ0n) is 9.60. The van der Waals surface area contributed by atoms with Gasteiger partial charge in [-0.15, -0.1) is 0 Å². The van der Waals surface area contributed by atoms with Crippen molar-refractivity contribution in [3.8, 4) is 0 Å². The fourth-order valence-electron chi connectivity index (χ4n) is 1.21. The number of carbonyl (C=O) groups excluding carboxylic acids is 1. The van der Waals surface area contributed by atoms with Gasteiger partial charge in [0.15, 0.2) is 11.9 Å². The van der Waals surface area contributed by atoms with Crippen molar-refractivity contribution < 1.29 is 9.78 Å². The number of hydrogen-bond donors (Lipinski definition) is 2. The molecule has 90 valence electrons. The monoisotopic (exact) mass is 235 g/mol. The molecule has 0 saturated carbocycles. The van der Waals surface area contributed by atoms with E-state index in [4.69, 9.17) is 5.53 Å². The second-order valence-corrected chi connectivity index (χ2v) is 3.35. The Bertz CT molecular complexity index is 409. The Morgan fingerprint density at radius 3 is 2.94 bits per heavy atom. The van der Waals surface area contributed by atoms with Crippen molar-refractivity contribution in [2.45, 2.75) is 6.54 Å². The van der Waals surface area contributed by atoms with Gasteiger partial charge in [0.2, 0.25) is 0 Å². The van der Waals surface area contributed by atoms with Crippen molar-refractivity contribution in [2.75, 3.05) is 20.1 Å². The quantitative estimate of drug-likeness (QED) is 0.319. The van der Waals surface area contributed by atoms with E-state index in [2.05, 4.69) is 25.6 Å². The maximum Gasteiger partial charge on any atom is 0.257 e. The minimum atomic E-state index is -0.133. The van der Waals surface area contributed by atoms with E-state index in [0.717, 1.165) is 12.2 Å². The van der Waals surface area contributed by atoms with Crippen molar-refractivity contribution in [3.05, 3.63) is 40.0 Å². The fourth-order valence-corrected chi connectivity index (χ4v) is 1.21. The first kappa shape index (κ1) is 13.0. The SMILES string of the molecule is CNCCNC(=O)c1ccc(CN=[N+]=[N-])[nH+]c1. The molecule has 0 fully saturated rings. The molecule has 7 heteroatoms. The average molecular weight is 235 g/mol. The van der Waals surface area contributed by atoms with E-state index in [1.54, 1.807) is 18.3 Å². The molecule has 0 radical (unpaired) electrons. The first-order valence-corrected chi connectivity index (χ1v) is 5.22. The van der Waals surface area contributed by atoms with E-state index in [0.29, 0.717) is 12.1 Å². The van der Waals surface area contributed by atoms with Crippen LogP contribution in [-0.2, 0) is 6.54 Å². The molecule has 0 unspecified atom stereocenters. The molecular formula is C10H15N6O+. The first-order chi connectivity index (χ1) is 8.27. The molecule has 0 aliphatic heterocycles. The Labute approximate surface area is 98.9 Å². The summed E-state index contributed by atoms with van der Waals surface area (Å²) < 4.78 is 0. The lowest BCUT2D eigenvalue weighted by Crippen LogP contribution is -2.31. The highest BCUT2D eigenvalue weighted by Gasteiger charge is 2.08. The smallest absolute Gasteiger partial charge is 0.257 e. The molecule has 1 aromatic heterocycles. The highest BCUT2D eigenvalue weighted by Crippen LogP contribution is 1.98. The van der Waals surface area contributed by atoms with Gasteiger partial charge in [-0.2, -0.15) is 0 Å². The normalized spacial score (nSPS) is 9.47. The summed E-state index contributed by atoms with van der Waals surface area (Å²) in [5.74, 6) is -0.133. The number of amides is 1. The molecule has 1 heterocycles. The van der Waals surface area contributed by atoms with Crippen molar-refractivity contribution in [3.63, 3.8) is 0 Å². The van der Waals surface area contributed by atoms with Crippen LogP contribution in [0.4, 0.5) is 0 Å². The molecule has 0 atom stereocenters. The molecular weight excluding hydrogens is 220 g/mol. The van der Waals surface area contributed by atoms with Gasteiger partial charge in [0, 0.05) is 24.1 Å². The Kier molecular flexibility index (Phi) is 5.50. The van der Waals surface area contributed by atoms with Crippen molar-refractivity contribution in [2.24, 2.45) is 5.11 Å². The predicted octanol–water partition coefficient (Wildman–Crippen LogP) is 0.260. The van der Waals surface area contributed by atoms with E-state index < -0.39 is 0 Å². The van der Waals surface area contributed by atoms with E-state index >= 15 is 0 Å². The van der Waals surface area contributed by atoms with Crippen LogP contribution in [0.1, 0.15) is 16.1 Å². The van der Waals surface area contributed by atoms with Crippen LogP contribution in [0.3, 0.4) is 0 Å². The standard InChI is InChI=1S/C10H14N6O/c1-12-4-5-13-10(17)8-2-3-9(14-6-8)7-15-16-11/h2-3,6,12H,4-5,7H2,1H3,(H,13,17)/p+1. The topological polar surface area (TPSA) is 104 Å². The minimum Gasteiger partial charge on any atom is -0.351 e. The largest absolute Gasteiger partial charge is 0.351 e. The van der Waals surface area contributed by atoms with Gasteiger partial charge in [0.25, 0.3) is 5.91 Å². The number of nitrogens with one attached hydrogen (secondary N) is 3. The van der Waals surface area contributed by atoms with Crippen LogP contribution >= 0.6 is 0 Å². The van der Waals surface area contributed by atoms with Crippen LogP contribution < -0.4 is 15.6 Å². The summed E-state index contributed by atoms with van der Waals surface area (Å²) in [7, 11) is 1.82. The molecule has 0 spiro atoms. The highest BCUT2D eigenvalue weighted by molar-refractivity contribution is 5.93. The zero-order chi connectivity index (χ0) is 12.5. The number of H-pyrrole nitrogens is 1. The van der Waals surface area contributed by atoms with Crippen LogP contribution in [0, 0.1) is 0 Å². The lowest BCUT2D eigenvalue weighted by atomic mass is 10.2. The maximum atomic E-state index is 11.6. The van der Waals surface area contributed by atoms with Crippen molar-refractivity contribution in [1.29, 1.82) is 0 Å². The number of hydrogen-bond acceptors (Lipinski definition) is 3. The third-order valence-corrected chi connectivity index (χ3v) is 2.10. The van der Waals surface area contributed by atoms with Crippen LogP contribution in [0.25, 0.3) is 10.4 Å². The van der Waals surface area contributed by atoms with Crippen LogP contribution in [0.2, 0.25) is 0 Å². The molecule has 17 heavy (non-hydrogen) atoms. The van der Waals surface area contributed by atoms with Crippen LogP contribution in [0.15, 0.2) is 23.4 Å². The molecule has 1 amide bonds. The molecule has 0 aliphatic carbocycles. The highest BCUT2D eigenvalue weighted by atomic mass is 16.1. The Morgan fingerprint density at radius 1 is 1.53 bits per heavy atom. The first-order valence-electron chi connectivity index (χ1n) is 5.22. The number of azide groups is 1. The number of carbonyl (C=O) groups is 1. The lowest BCUT2D eigenvalue weighted by molar-refractivity contribution is -0.390. The molecule has 0 aliphatic rings. The van der Waals surface area contributed by atoms with Gasteiger partial charge in [-0.1, -0.05) is 5.11 Å². The van der Waals surface area contributed by atoms with Crippen molar-refractivity contribution >= 4 is 5.91 Å². The van der Waals surface area contributed by atoms with Crippen LogP contribution in [0.5, 0.6) is 0 Å². The third-order valence-electron chi connectivity index (χ3n) is 2.10. The molecule has 3 N–H and O–H groups in total. The second-order valence-electron chi connectivity index (χ2n) is 3.35. The van der Waals surface area contributed by atoms with Gasteiger partial charge >= 0.3 is 0 Å². The number of rotatable bonds is 6. The van der Waals surface area contributed by atoms with Gasteiger partial charge in [-0.05, 0) is 18.6 Å². The number of nitrogens with zero attached hydrogens (tertiary/aromatic N) is 3. The Balaban J connectivity index is 2.54. The minimum absolute atomic E-state index is 0.133. The zero-order valence-corrected chi connectivity index (χ0v) is 9.60. The fraction of sp³-hybridized carbons (Fsp3) is 0.400. The summed E-state index contributed by atoms with van der Waals surface area (Å²) in [5.41, 5.74) is 9.47. The van der Waals surface area contributed by atoms with Gasteiger partial charge in [0.05, 0.1) is 0 Å². The molecule has 1 rings (SSSR count). The maximum absolute atomic E-state index is 11.6. The van der Waals surface area contributed by atoms with E-state index in [-0.39, 0.29) is 12.5 Å². The summed E-state index contributed by atoms with van der Waals surface area (Å²) >= 11 is 0. The van der Waals surface area contributed by atoms with Gasteiger partial charge in [-0.25, -0.2) is 4.98 Å². The summed E-state index contributed by atoms with van der Waals surface area (Å²) in [5, 5.41) is 9.11. The second kappa shape index (κ2) is 7.21. The molecule has 0 saturated heterocycles. The number of aromatic nitrogens is 1. The summed E-state index contributed by atoms with van der Waals surface area (Å²) in [4.78, 5) is 17.2. The van der Waals surface area contributed by atoms with Crippen molar-refractivity contribution in [1.82, 2.24) is 10.6 Å². The molecule has 1 aromatic rings. The van der Waals surface area contributed by atoms with Gasteiger partial charge in [-0.3, -0.25) is 4.79 Å². The summed E-state index contributed by atoms with van der Waals surface area (Å²) in [6.45, 7) is 1.55. The summed E-state index contributed by atoms with van der Waals surface area (Å²) in [6, 6.07) is 3.41. The number of likely N-dealkylation sites (N-methyl/N-ethyl adjacent to an activating group) is 1. The van der Waals surface area contributed by atoms with Gasteiger partial charge in [0.1, 0.15) is 12.1 Å². The lowest BCUT2D eigenvalue weighted by Gasteiger charge is -2.02. The summed E-state index contributed by atoms with van der Waals surface area (Å²) in [6.07, 6.45) is 1.59. The average Bonchev–Trinajstić information content (AvgIpc) is 2.37. The Hall–Kier alpha value is -2.11. The van der Waals surface area contributed by atoms with Gasteiger partial charge < -0.3 is 10.6 Å². The number of pyridine rings is 1. The number of aromatic amines is 1. The predicted molar refractivity (Wildman–Crippen MR) is 62.1 cm³/mol. The Morgan fingerprint density at radius 2 is 2.35 bits per heavy atom. The van der Waals surface area contributed by atoms with E-state index in [1.807, 2.05) is 7.05 Å². The van der Waals surface area contributed by atoms with E-state index in [9.17, 15) is 4.79 Å². The molecule has 7 nitrogen and oxygen atoms in total. The van der Waals surface area contributed by atoms with Crippen LogP contribution in [-0.4, -0.2) is 26.0 Å². The van der Waals surface area contributed by atoms with E-state index in [1.165, 1.54) is 0 Å².